The molecule has 0 aliphatic heterocycles. The normalized spacial score (nSPS) is 11.9. The molecule has 0 bridgehead atoms. The molecule has 0 saturated heterocycles. The van der Waals surface area contributed by atoms with Crippen molar-refractivity contribution >= 4 is 90.7 Å². The molecule has 0 spiro atoms. The molecule has 0 radical (unpaired) electrons. The van der Waals surface area contributed by atoms with Crippen LogP contribution in [0.3, 0.4) is 0 Å². The molecule has 4 aromatic carbocycles. The van der Waals surface area contributed by atoms with Crippen LogP contribution in [-0.2, 0) is 45.9 Å². The second-order valence-electron chi connectivity index (χ2n) is 31.3. The van der Waals surface area contributed by atoms with E-state index < -0.39 is 20.2 Å². The topological polar surface area (TPSA) is 114 Å². The molecule has 0 aromatic heterocycles. The van der Waals surface area contributed by atoms with Gasteiger partial charge in [0.1, 0.15) is 20.2 Å². The summed E-state index contributed by atoms with van der Waals surface area (Å²) < 4.78 is 72.1. The van der Waals surface area contributed by atoms with Crippen molar-refractivity contribution in [1.29, 1.82) is 0 Å². The summed E-state index contributed by atoms with van der Waals surface area (Å²) in [6, 6.07) is 19.0. The van der Waals surface area contributed by atoms with Crippen LogP contribution in [-0.4, -0.2) is 74.8 Å². The molecule has 4 aromatic rings. The Balaban J connectivity index is 0.000000680. The molecular formula is C92H158BaO6S2. The molecule has 0 aliphatic carbocycles. The molecule has 0 fully saturated rings. The number of rotatable bonds is 70. The third-order valence-electron chi connectivity index (χ3n) is 22.0. The van der Waals surface area contributed by atoms with Crippen molar-refractivity contribution in [3.63, 3.8) is 0 Å². The van der Waals surface area contributed by atoms with Gasteiger partial charge in [-0.15, -0.1) is 0 Å². The molecule has 0 heterocycles. The second-order valence-corrected chi connectivity index (χ2v) is 34.1. The molecule has 4 rings (SSSR count). The molecule has 576 valence electrons. The van der Waals surface area contributed by atoms with Crippen LogP contribution in [0.25, 0.3) is 21.5 Å². The number of benzene rings is 4. The zero-order valence-electron chi connectivity index (χ0n) is 66.8. The van der Waals surface area contributed by atoms with E-state index in [1.54, 1.807) is 24.3 Å². The van der Waals surface area contributed by atoms with Gasteiger partial charge in [0, 0.05) is 0 Å². The van der Waals surface area contributed by atoms with Crippen LogP contribution in [0.5, 0.6) is 0 Å². The van der Waals surface area contributed by atoms with E-state index in [2.05, 4.69) is 39.8 Å². The van der Waals surface area contributed by atoms with Crippen molar-refractivity contribution < 1.29 is 25.9 Å². The fraction of sp³-hybridized carbons (Fsp3) is 0.783. The van der Waals surface area contributed by atoms with Crippen molar-refractivity contribution in [1.82, 2.24) is 0 Å². The minimum Gasteiger partial charge on any atom is -0.744 e. The molecule has 0 N–H and O–H groups in total. The van der Waals surface area contributed by atoms with Crippen molar-refractivity contribution in [2.45, 2.75) is 474 Å². The van der Waals surface area contributed by atoms with Crippen LogP contribution < -0.4 is 0 Å². The van der Waals surface area contributed by atoms with Crippen LogP contribution in [0.1, 0.15) is 461 Å². The van der Waals surface area contributed by atoms with Gasteiger partial charge in [-0.2, -0.15) is 0 Å². The standard InChI is InChI=1S/2C46H80O3S.Ba/c2*1-3-5-7-9-11-13-15-17-19-21-23-25-27-29-31-33-36-42-38-35-39-44-41-45(50(47,48)49)40-43(46(42)44)37-34-32-30-28-26-24-22-20-18-16-14-12-10-8-6-4-2;/h2*35,38-41H,3-34,36-37H2,1-2H3,(H,47,48,49);/q;;+2/p-2. The molecule has 0 aliphatic rings. The fourth-order valence-electron chi connectivity index (χ4n) is 15.7. The minimum atomic E-state index is -4.49. The molecular weight excluding hydrogens is 1400 g/mol. The average molecular weight is 1560 g/mol. The number of hydrogen-bond donors (Lipinski definition) is 0. The number of fused-ring (bicyclic) bond motifs is 2. The SMILES string of the molecule is CCCCCCCCCCCCCCCCCCc1cccc2cc(S(=O)(=O)[O-])cc(CCCCCCCCCCCCCCCCCC)c12.CCCCCCCCCCCCCCCCCCc1cccc2cc(S(=O)(=O)[O-])cc(CCCCCCCCCCCCCCCCCC)c12.[Ba+2]. The zero-order valence-corrected chi connectivity index (χ0v) is 72.9. The summed E-state index contributed by atoms with van der Waals surface area (Å²) in [7, 11) is -8.97. The first-order valence-corrected chi connectivity index (χ1v) is 46.8. The Kier molecular flexibility index (Phi) is 63.5. The molecule has 0 unspecified atom stereocenters. The monoisotopic (exact) mass is 1560 g/mol. The van der Waals surface area contributed by atoms with E-state index in [0.29, 0.717) is 0 Å². The van der Waals surface area contributed by atoms with Gasteiger partial charge in [-0.1, -0.05) is 449 Å². The van der Waals surface area contributed by atoms with E-state index in [1.807, 2.05) is 24.3 Å². The summed E-state index contributed by atoms with van der Waals surface area (Å²) in [4.78, 5) is -0.146. The van der Waals surface area contributed by atoms with Gasteiger partial charge in [0.15, 0.2) is 0 Å². The number of hydrogen-bond acceptors (Lipinski definition) is 6. The van der Waals surface area contributed by atoms with Crippen molar-refractivity contribution in [3.8, 4) is 0 Å². The first kappa shape index (κ1) is 95.9. The van der Waals surface area contributed by atoms with Crippen molar-refractivity contribution in [2.24, 2.45) is 0 Å². The van der Waals surface area contributed by atoms with Gasteiger partial charge in [-0.3, -0.25) is 0 Å². The van der Waals surface area contributed by atoms with Gasteiger partial charge in [0.05, 0.1) is 9.79 Å². The van der Waals surface area contributed by atoms with Gasteiger partial charge in [-0.05, 0) is 119 Å². The Bertz CT molecular complexity index is 2570. The largest absolute Gasteiger partial charge is 2.00 e. The van der Waals surface area contributed by atoms with Crippen molar-refractivity contribution in [3.05, 3.63) is 82.9 Å². The molecule has 0 saturated carbocycles. The van der Waals surface area contributed by atoms with Crippen LogP contribution in [0.2, 0.25) is 0 Å². The van der Waals surface area contributed by atoms with E-state index in [0.717, 1.165) is 86.1 Å². The summed E-state index contributed by atoms with van der Waals surface area (Å²) in [6.07, 6.45) is 90.4. The average Bonchev–Trinajstić information content (AvgIpc) is 0.789. The van der Waals surface area contributed by atoms with E-state index in [1.165, 1.54) is 394 Å². The third kappa shape index (κ3) is 50.9. The maximum Gasteiger partial charge on any atom is 2.00 e. The van der Waals surface area contributed by atoms with Gasteiger partial charge in [-0.25, -0.2) is 16.8 Å². The first-order chi connectivity index (χ1) is 48.9. The molecule has 0 atom stereocenters. The Morgan fingerprint density at radius 2 is 0.376 bits per heavy atom. The van der Waals surface area contributed by atoms with Gasteiger partial charge in [0.25, 0.3) is 0 Å². The zero-order chi connectivity index (χ0) is 71.9. The van der Waals surface area contributed by atoms with E-state index in [-0.39, 0.29) is 58.7 Å². The van der Waals surface area contributed by atoms with Gasteiger partial charge < -0.3 is 9.11 Å². The summed E-state index contributed by atoms with van der Waals surface area (Å²) in [6.45, 7) is 9.14. The van der Waals surface area contributed by atoms with Gasteiger partial charge >= 0.3 is 48.9 Å². The van der Waals surface area contributed by atoms with Crippen LogP contribution in [0.15, 0.2) is 70.5 Å². The summed E-state index contributed by atoms with van der Waals surface area (Å²) >= 11 is 0. The summed E-state index contributed by atoms with van der Waals surface area (Å²) in [5.74, 6) is 0. The minimum absolute atomic E-state index is 0. The predicted octanol–water partition coefficient (Wildman–Crippen LogP) is 30.3. The Labute approximate surface area is 667 Å². The van der Waals surface area contributed by atoms with E-state index in [9.17, 15) is 25.9 Å². The maximum absolute atomic E-state index is 12.0. The summed E-state index contributed by atoms with van der Waals surface area (Å²) in [5.41, 5.74) is 4.73. The van der Waals surface area contributed by atoms with Gasteiger partial charge in [0.2, 0.25) is 0 Å². The quantitative estimate of drug-likeness (QED) is 0.0247. The Morgan fingerprint density at radius 3 is 0.545 bits per heavy atom. The Morgan fingerprint density at radius 1 is 0.218 bits per heavy atom. The van der Waals surface area contributed by atoms with Crippen LogP contribution in [0.4, 0.5) is 0 Å². The smallest absolute Gasteiger partial charge is 0.744 e. The van der Waals surface area contributed by atoms with E-state index >= 15 is 0 Å². The molecule has 6 nitrogen and oxygen atoms in total. The Hall–Kier alpha value is -1.21. The van der Waals surface area contributed by atoms with Crippen LogP contribution in [0, 0.1) is 0 Å². The number of aryl methyl sites for hydroxylation is 4. The van der Waals surface area contributed by atoms with Crippen LogP contribution >= 0.6 is 0 Å². The first-order valence-electron chi connectivity index (χ1n) is 43.9. The molecule has 0 amide bonds. The summed E-state index contributed by atoms with van der Waals surface area (Å²) in [5, 5.41) is 4.20. The fourth-order valence-corrected chi connectivity index (χ4v) is 16.8. The second kappa shape index (κ2) is 67.0. The predicted molar refractivity (Wildman–Crippen MR) is 443 cm³/mol. The number of unbranched alkanes of at least 4 members (excludes halogenated alkanes) is 60. The molecule has 9 heteroatoms. The third-order valence-corrected chi connectivity index (χ3v) is 23.6. The maximum atomic E-state index is 12.0. The molecule has 101 heavy (non-hydrogen) atoms. The van der Waals surface area contributed by atoms with E-state index in [4.69, 9.17) is 0 Å². The van der Waals surface area contributed by atoms with Crippen molar-refractivity contribution in [2.75, 3.05) is 0 Å².